The second kappa shape index (κ2) is 8.65. The van der Waals surface area contributed by atoms with E-state index in [9.17, 15) is 18.4 Å². The zero-order valence-corrected chi connectivity index (χ0v) is 18.3. The van der Waals surface area contributed by atoms with Gasteiger partial charge in [0, 0.05) is 25.7 Å². The minimum absolute atomic E-state index is 0.0988. The summed E-state index contributed by atoms with van der Waals surface area (Å²) in [6, 6.07) is 8.01. The van der Waals surface area contributed by atoms with Gasteiger partial charge >= 0.3 is 0 Å². The third-order valence-electron chi connectivity index (χ3n) is 6.01. The van der Waals surface area contributed by atoms with Gasteiger partial charge < -0.3 is 9.80 Å². The van der Waals surface area contributed by atoms with Crippen molar-refractivity contribution >= 4 is 22.8 Å². The average Bonchev–Trinajstić information content (AvgIpc) is 3.28. The number of aromatic amines is 1. The number of H-pyrrole nitrogens is 1. The molecule has 0 bridgehead atoms. The molecule has 11 heteroatoms. The van der Waals surface area contributed by atoms with Crippen molar-refractivity contribution in [2.75, 3.05) is 24.5 Å². The van der Waals surface area contributed by atoms with Crippen molar-refractivity contribution in [2.24, 2.45) is 0 Å². The fourth-order valence-electron chi connectivity index (χ4n) is 4.20. The van der Waals surface area contributed by atoms with Gasteiger partial charge in [-0.3, -0.25) is 14.6 Å². The first-order valence-electron chi connectivity index (χ1n) is 10.8. The Hall–Kier alpha value is -4.15. The zero-order valence-electron chi connectivity index (χ0n) is 18.3. The summed E-state index contributed by atoms with van der Waals surface area (Å²) in [5.74, 6) is -1.28. The predicted octanol–water partition coefficient (Wildman–Crippen LogP) is 2.52. The number of fused-ring (bicyclic) bond motifs is 1. The number of nitrogens with one attached hydrogen (secondary N) is 1. The predicted molar refractivity (Wildman–Crippen MR) is 121 cm³/mol. The third-order valence-corrected chi connectivity index (χ3v) is 6.01. The average molecular weight is 465 g/mol. The van der Waals surface area contributed by atoms with Gasteiger partial charge in [-0.25, -0.2) is 13.8 Å². The summed E-state index contributed by atoms with van der Waals surface area (Å²) in [6.45, 7) is 3.07. The Kier molecular flexibility index (Phi) is 5.52. The van der Waals surface area contributed by atoms with Gasteiger partial charge in [0.15, 0.2) is 0 Å². The molecule has 1 fully saturated rings. The first-order chi connectivity index (χ1) is 16.4. The summed E-state index contributed by atoms with van der Waals surface area (Å²) in [5.41, 5.74) is 0.106. The molecule has 4 aromatic rings. The number of carbonyl (C=O) groups excluding carboxylic acids is 1. The number of carbonyl (C=O) groups is 1. The number of amides is 1. The minimum atomic E-state index is -0.652. The molecule has 9 nitrogen and oxygen atoms in total. The first kappa shape index (κ1) is 21.7. The van der Waals surface area contributed by atoms with E-state index in [0.29, 0.717) is 31.0 Å². The first-order valence-corrected chi connectivity index (χ1v) is 10.8. The Bertz CT molecular complexity index is 1420. The number of nitrogens with zero attached hydrogens (tertiary/aromatic N) is 6. The number of benzene rings is 2. The van der Waals surface area contributed by atoms with E-state index in [-0.39, 0.29) is 29.2 Å². The normalized spacial score (nSPS) is 16.6. The van der Waals surface area contributed by atoms with Crippen LogP contribution < -0.4 is 10.5 Å². The van der Waals surface area contributed by atoms with Gasteiger partial charge in [0.25, 0.3) is 11.5 Å². The van der Waals surface area contributed by atoms with Gasteiger partial charge in [-0.05, 0) is 43.7 Å². The van der Waals surface area contributed by atoms with E-state index in [0.717, 1.165) is 6.07 Å². The van der Waals surface area contributed by atoms with Crippen LogP contribution in [0.2, 0.25) is 0 Å². The molecule has 2 aromatic carbocycles. The summed E-state index contributed by atoms with van der Waals surface area (Å²) in [6.07, 6.45) is 3.48. The molecule has 0 spiro atoms. The molecule has 174 valence electrons. The third kappa shape index (κ3) is 3.89. The fraction of sp³-hybridized carbons (Fsp3) is 0.261. The maximum atomic E-state index is 14.8. The van der Waals surface area contributed by atoms with Crippen LogP contribution in [0.4, 0.5) is 14.7 Å². The second-order valence-electron chi connectivity index (χ2n) is 8.13. The van der Waals surface area contributed by atoms with Crippen LogP contribution in [0, 0.1) is 11.6 Å². The topological polar surface area (TPSA) is 100 Å². The van der Waals surface area contributed by atoms with Gasteiger partial charge in [-0.2, -0.15) is 15.0 Å². The van der Waals surface area contributed by atoms with E-state index >= 15 is 0 Å². The van der Waals surface area contributed by atoms with Crippen LogP contribution in [-0.4, -0.2) is 61.4 Å². The van der Waals surface area contributed by atoms with E-state index in [1.165, 1.54) is 41.5 Å². The number of anilines is 1. The monoisotopic (exact) mass is 465 g/mol. The molecule has 1 aliphatic rings. The molecule has 0 aliphatic carbocycles. The molecule has 1 N–H and O–H groups in total. The number of rotatable bonds is 3. The van der Waals surface area contributed by atoms with E-state index in [2.05, 4.69) is 20.2 Å². The van der Waals surface area contributed by atoms with Crippen LogP contribution in [0.3, 0.4) is 0 Å². The number of hydrogen-bond acceptors (Lipinski definition) is 6. The molecule has 1 aliphatic heterocycles. The van der Waals surface area contributed by atoms with Gasteiger partial charge in [0.2, 0.25) is 5.95 Å². The van der Waals surface area contributed by atoms with E-state index < -0.39 is 23.1 Å². The molecule has 34 heavy (non-hydrogen) atoms. The van der Waals surface area contributed by atoms with Crippen molar-refractivity contribution in [1.29, 1.82) is 0 Å². The fourth-order valence-corrected chi connectivity index (χ4v) is 4.20. The van der Waals surface area contributed by atoms with Gasteiger partial charge in [0.1, 0.15) is 22.9 Å². The Morgan fingerprint density at radius 1 is 1.09 bits per heavy atom. The Labute approximate surface area is 192 Å². The molecule has 1 amide bonds. The Balaban J connectivity index is 1.43. The maximum absolute atomic E-state index is 14.8. The summed E-state index contributed by atoms with van der Waals surface area (Å²) < 4.78 is 28.3. The van der Waals surface area contributed by atoms with E-state index in [1.54, 1.807) is 11.0 Å². The molecular formula is C23H21F2N7O2. The largest absolute Gasteiger partial charge is 0.340 e. The van der Waals surface area contributed by atoms with Crippen LogP contribution >= 0.6 is 0 Å². The zero-order chi connectivity index (χ0) is 23.8. The van der Waals surface area contributed by atoms with Crippen molar-refractivity contribution in [1.82, 2.24) is 29.9 Å². The highest BCUT2D eigenvalue weighted by atomic mass is 19.1. The molecule has 1 unspecified atom stereocenters. The molecular weight excluding hydrogens is 444 g/mol. The van der Waals surface area contributed by atoms with Crippen LogP contribution in [0.1, 0.15) is 23.7 Å². The lowest BCUT2D eigenvalue weighted by molar-refractivity contribution is 0.0700. The summed E-state index contributed by atoms with van der Waals surface area (Å²) in [4.78, 5) is 37.9. The molecule has 3 heterocycles. The SMILES string of the molecule is CC1CCN(c2nc3ccc(F)cc3c(=O)[nH]2)CCN1C(=O)c1c(F)cccc1-n1nccn1. The highest BCUT2D eigenvalue weighted by molar-refractivity contribution is 5.98. The van der Waals surface area contributed by atoms with Crippen molar-refractivity contribution in [3.63, 3.8) is 0 Å². The lowest BCUT2D eigenvalue weighted by atomic mass is 10.1. The maximum Gasteiger partial charge on any atom is 0.260 e. The number of halogens is 2. The van der Waals surface area contributed by atoms with E-state index in [1.807, 2.05) is 11.8 Å². The minimum Gasteiger partial charge on any atom is -0.340 e. The molecule has 1 atom stereocenters. The second-order valence-corrected chi connectivity index (χ2v) is 8.13. The molecule has 1 saturated heterocycles. The van der Waals surface area contributed by atoms with Crippen LogP contribution in [0.5, 0.6) is 0 Å². The van der Waals surface area contributed by atoms with Crippen LogP contribution in [0.15, 0.2) is 53.6 Å². The van der Waals surface area contributed by atoms with Gasteiger partial charge in [-0.15, -0.1) is 0 Å². The van der Waals surface area contributed by atoms with Crippen molar-refractivity contribution in [2.45, 2.75) is 19.4 Å². The summed E-state index contributed by atoms with van der Waals surface area (Å²) >= 11 is 0. The molecule has 0 radical (unpaired) electrons. The quantitative estimate of drug-likeness (QED) is 0.499. The van der Waals surface area contributed by atoms with Crippen LogP contribution in [0.25, 0.3) is 16.6 Å². The summed E-state index contributed by atoms with van der Waals surface area (Å²) in [7, 11) is 0. The van der Waals surface area contributed by atoms with Gasteiger partial charge in [0.05, 0.1) is 23.3 Å². The van der Waals surface area contributed by atoms with E-state index in [4.69, 9.17) is 0 Å². The molecule has 5 rings (SSSR count). The van der Waals surface area contributed by atoms with Crippen molar-refractivity contribution in [3.05, 3.63) is 76.3 Å². The highest BCUT2D eigenvalue weighted by Gasteiger charge is 2.30. The smallest absolute Gasteiger partial charge is 0.260 e. The van der Waals surface area contributed by atoms with Gasteiger partial charge in [-0.1, -0.05) is 6.07 Å². The molecule has 0 saturated carbocycles. The Morgan fingerprint density at radius 2 is 1.88 bits per heavy atom. The molecule has 2 aromatic heterocycles. The standard InChI is InChI=1S/C23H21F2N7O2/c1-14-7-10-30(23-28-18-6-5-15(24)13-16(18)21(33)29-23)11-12-31(14)22(34)20-17(25)3-2-4-19(20)32-26-8-9-27-32/h2-6,8-9,13-14H,7,10-12H2,1H3,(H,28,29,33). The number of hydrogen-bond donors (Lipinski definition) is 1. The highest BCUT2D eigenvalue weighted by Crippen LogP contribution is 2.23. The van der Waals surface area contributed by atoms with Crippen LogP contribution in [-0.2, 0) is 0 Å². The lowest BCUT2D eigenvalue weighted by Crippen LogP contribution is -2.41. The van der Waals surface area contributed by atoms with Crippen molar-refractivity contribution < 1.29 is 13.6 Å². The summed E-state index contributed by atoms with van der Waals surface area (Å²) in [5, 5.41) is 8.25. The number of aromatic nitrogens is 5. The van der Waals surface area contributed by atoms with Crippen molar-refractivity contribution in [3.8, 4) is 5.69 Å². The Morgan fingerprint density at radius 3 is 2.68 bits per heavy atom. The lowest BCUT2D eigenvalue weighted by Gasteiger charge is -2.27.